The van der Waals surface area contributed by atoms with Crippen molar-refractivity contribution in [1.29, 1.82) is 0 Å². The van der Waals surface area contributed by atoms with Gasteiger partial charge in [-0.3, -0.25) is 4.98 Å². The fraction of sp³-hybridized carbons (Fsp3) is 0.455. The maximum Gasteiger partial charge on any atom is 0.129 e. The SMILES string of the molecule is CC.CCC(C)=O.c1ccncc1. The normalized spacial score (nSPS) is 7.08. The Morgan fingerprint density at radius 3 is 1.62 bits per heavy atom. The van der Waals surface area contributed by atoms with Crippen molar-refractivity contribution in [3.63, 3.8) is 0 Å². The van der Waals surface area contributed by atoms with Gasteiger partial charge in [-0.25, -0.2) is 0 Å². The maximum absolute atomic E-state index is 9.81. The lowest BCUT2D eigenvalue weighted by Gasteiger charge is -1.71. The second kappa shape index (κ2) is 13.4. The molecule has 0 aromatic carbocycles. The molecule has 1 aromatic rings. The number of pyridine rings is 1. The van der Waals surface area contributed by atoms with Gasteiger partial charge in [0.05, 0.1) is 0 Å². The number of hydrogen-bond donors (Lipinski definition) is 0. The summed E-state index contributed by atoms with van der Waals surface area (Å²) in [5.41, 5.74) is 0. The molecule has 0 aliphatic carbocycles. The first-order chi connectivity index (χ1) is 6.27. The largest absolute Gasteiger partial charge is 0.300 e. The fourth-order valence-electron chi connectivity index (χ4n) is 0.313. The number of aromatic nitrogens is 1. The molecule has 2 heteroatoms. The van der Waals surface area contributed by atoms with Crippen LogP contribution in [0.25, 0.3) is 0 Å². The molecule has 0 saturated carbocycles. The van der Waals surface area contributed by atoms with Gasteiger partial charge in [-0.15, -0.1) is 0 Å². The van der Waals surface area contributed by atoms with Gasteiger partial charge < -0.3 is 4.79 Å². The first kappa shape index (κ1) is 14.3. The Kier molecular flexibility index (Phi) is 14.8. The zero-order valence-electron chi connectivity index (χ0n) is 8.95. The van der Waals surface area contributed by atoms with Crippen molar-refractivity contribution in [2.75, 3.05) is 0 Å². The quantitative estimate of drug-likeness (QED) is 0.666. The molecule has 0 N–H and O–H groups in total. The second-order valence-electron chi connectivity index (χ2n) is 2.08. The Morgan fingerprint density at radius 2 is 1.54 bits per heavy atom. The van der Waals surface area contributed by atoms with Crippen molar-refractivity contribution in [1.82, 2.24) is 4.98 Å². The minimum absolute atomic E-state index is 0.255. The van der Waals surface area contributed by atoms with E-state index in [1.165, 1.54) is 0 Å². The van der Waals surface area contributed by atoms with E-state index in [4.69, 9.17) is 0 Å². The van der Waals surface area contributed by atoms with E-state index in [2.05, 4.69) is 4.98 Å². The predicted molar refractivity (Wildman–Crippen MR) is 56.6 cm³/mol. The van der Waals surface area contributed by atoms with Crippen LogP contribution in [0, 0.1) is 0 Å². The molecule has 74 valence electrons. The Bertz CT molecular complexity index is 158. The van der Waals surface area contributed by atoms with E-state index < -0.39 is 0 Å². The van der Waals surface area contributed by atoms with Crippen LogP contribution in [-0.4, -0.2) is 10.8 Å². The number of carbonyl (C=O) groups is 1. The molecule has 0 radical (unpaired) electrons. The van der Waals surface area contributed by atoms with Crippen molar-refractivity contribution < 1.29 is 4.79 Å². The molecule has 1 rings (SSSR count). The molecule has 1 heterocycles. The molecule has 13 heavy (non-hydrogen) atoms. The van der Waals surface area contributed by atoms with Gasteiger partial charge in [0.15, 0.2) is 0 Å². The number of ketones is 1. The van der Waals surface area contributed by atoms with E-state index in [1.54, 1.807) is 19.3 Å². The van der Waals surface area contributed by atoms with Crippen molar-refractivity contribution in [3.05, 3.63) is 30.6 Å². The topological polar surface area (TPSA) is 30.0 Å². The van der Waals surface area contributed by atoms with Gasteiger partial charge in [-0.1, -0.05) is 26.8 Å². The van der Waals surface area contributed by atoms with Crippen LogP contribution >= 0.6 is 0 Å². The van der Waals surface area contributed by atoms with Crippen molar-refractivity contribution in [2.45, 2.75) is 34.1 Å². The van der Waals surface area contributed by atoms with Gasteiger partial charge in [-0.05, 0) is 19.1 Å². The summed E-state index contributed by atoms with van der Waals surface area (Å²) in [6.07, 6.45) is 4.17. The third-order valence-electron chi connectivity index (χ3n) is 1.06. The van der Waals surface area contributed by atoms with Crippen molar-refractivity contribution >= 4 is 5.78 Å². The van der Waals surface area contributed by atoms with E-state index >= 15 is 0 Å². The molecule has 0 bridgehead atoms. The molecule has 0 spiro atoms. The summed E-state index contributed by atoms with van der Waals surface area (Å²) >= 11 is 0. The molecular formula is C11H19NO. The summed E-state index contributed by atoms with van der Waals surface area (Å²) in [6.45, 7) is 7.43. The number of rotatable bonds is 1. The average molecular weight is 181 g/mol. The molecule has 0 aliphatic rings. The zero-order valence-corrected chi connectivity index (χ0v) is 8.95. The highest BCUT2D eigenvalue weighted by molar-refractivity contribution is 5.74. The Labute approximate surface area is 81.0 Å². The average Bonchev–Trinajstić information content (AvgIpc) is 2.24. The zero-order chi connectivity index (χ0) is 10.5. The van der Waals surface area contributed by atoms with Crippen LogP contribution in [0.2, 0.25) is 0 Å². The number of Topliss-reactive ketones (excluding diaryl/α,β-unsaturated/α-hetero) is 1. The highest BCUT2D eigenvalue weighted by Gasteiger charge is 1.76. The first-order valence-electron chi connectivity index (χ1n) is 4.61. The van der Waals surface area contributed by atoms with Gasteiger partial charge in [-0.2, -0.15) is 0 Å². The summed E-state index contributed by atoms with van der Waals surface area (Å²) < 4.78 is 0. The Balaban J connectivity index is 0. The number of carbonyl (C=O) groups excluding carboxylic acids is 1. The molecule has 0 atom stereocenters. The smallest absolute Gasteiger partial charge is 0.129 e. The van der Waals surface area contributed by atoms with Crippen molar-refractivity contribution in [3.8, 4) is 0 Å². The fourth-order valence-corrected chi connectivity index (χ4v) is 0.313. The third kappa shape index (κ3) is 18.1. The molecule has 2 nitrogen and oxygen atoms in total. The molecule has 0 unspecified atom stereocenters. The second-order valence-corrected chi connectivity index (χ2v) is 2.08. The van der Waals surface area contributed by atoms with Crippen LogP contribution in [0.1, 0.15) is 34.1 Å². The standard InChI is InChI=1S/C5H5N.C4H8O.C2H6/c1-2-4-6-5-3-1;1-3-4(2)5;1-2/h1-5H;3H2,1-2H3;1-2H3. The van der Waals surface area contributed by atoms with Crippen LogP contribution < -0.4 is 0 Å². The maximum atomic E-state index is 9.81. The first-order valence-corrected chi connectivity index (χ1v) is 4.61. The van der Waals surface area contributed by atoms with Crippen LogP contribution in [0.3, 0.4) is 0 Å². The van der Waals surface area contributed by atoms with E-state index in [0.29, 0.717) is 6.42 Å². The van der Waals surface area contributed by atoms with Gasteiger partial charge in [0.25, 0.3) is 0 Å². The van der Waals surface area contributed by atoms with E-state index in [-0.39, 0.29) is 5.78 Å². The highest BCUT2D eigenvalue weighted by atomic mass is 16.1. The number of nitrogens with zero attached hydrogens (tertiary/aromatic N) is 1. The van der Waals surface area contributed by atoms with Crippen LogP contribution in [-0.2, 0) is 4.79 Å². The summed E-state index contributed by atoms with van der Waals surface area (Å²) in [6, 6.07) is 5.72. The summed E-state index contributed by atoms with van der Waals surface area (Å²) in [4.78, 5) is 13.6. The minimum atomic E-state index is 0.255. The lowest BCUT2D eigenvalue weighted by molar-refractivity contribution is -0.116. The Hall–Kier alpha value is -1.18. The van der Waals surface area contributed by atoms with E-state index in [1.807, 2.05) is 39.0 Å². The molecule has 1 aromatic heterocycles. The van der Waals surface area contributed by atoms with E-state index in [0.717, 1.165) is 0 Å². The van der Waals surface area contributed by atoms with Gasteiger partial charge in [0, 0.05) is 18.8 Å². The summed E-state index contributed by atoms with van der Waals surface area (Å²) in [5.74, 6) is 0.255. The monoisotopic (exact) mass is 181 g/mol. The lowest BCUT2D eigenvalue weighted by Crippen LogP contribution is -1.80. The molecule has 0 aliphatic heterocycles. The molecule has 0 fully saturated rings. The van der Waals surface area contributed by atoms with Gasteiger partial charge >= 0.3 is 0 Å². The minimum Gasteiger partial charge on any atom is -0.300 e. The Morgan fingerprint density at radius 1 is 1.15 bits per heavy atom. The van der Waals surface area contributed by atoms with Crippen LogP contribution in [0.4, 0.5) is 0 Å². The summed E-state index contributed by atoms with van der Waals surface area (Å²) in [7, 11) is 0. The number of hydrogen-bond acceptors (Lipinski definition) is 2. The third-order valence-corrected chi connectivity index (χ3v) is 1.06. The molecule has 0 saturated heterocycles. The van der Waals surface area contributed by atoms with E-state index in [9.17, 15) is 4.79 Å². The van der Waals surface area contributed by atoms with Gasteiger partial charge in [0.2, 0.25) is 0 Å². The van der Waals surface area contributed by atoms with Gasteiger partial charge in [0.1, 0.15) is 5.78 Å². The van der Waals surface area contributed by atoms with Crippen molar-refractivity contribution in [2.24, 2.45) is 0 Å². The van der Waals surface area contributed by atoms with Crippen LogP contribution in [0.15, 0.2) is 30.6 Å². The summed E-state index contributed by atoms with van der Waals surface area (Å²) in [5, 5.41) is 0. The van der Waals surface area contributed by atoms with Crippen LogP contribution in [0.5, 0.6) is 0 Å². The predicted octanol–water partition coefficient (Wildman–Crippen LogP) is 3.09. The molecular weight excluding hydrogens is 162 g/mol. The highest BCUT2D eigenvalue weighted by Crippen LogP contribution is 1.73. The molecule has 0 amide bonds. The lowest BCUT2D eigenvalue weighted by atomic mass is 10.4.